The topological polar surface area (TPSA) is 46.0 Å². The Morgan fingerprint density at radius 2 is 2.25 bits per heavy atom. The highest BCUT2D eigenvalue weighted by Gasteiger charge is 2.16. The van der Waals surface area contributed by atoms with E-state index in [1.807, 2.05) is 24.9 Å². The van der Waals surface area contributed by atoms with Crippen molar-refractivity contribution in [2.75, 3.05) is 19.6 Å². The van der Waals surface area contributed by atoms with Gasteiger partial charge in [-0.05, 0) is 25.5 Å². The van der Waals surface area contributed by atoms with Crippen LogP contribution in [0.3, 0.4) is 0 Å². The summed E-state index contributed by atoms with van der Waals surface area (Å²) in [5.74, 6) is 0. The van der Waals surface area contributed by atoms with Crippen molar-refractivity contribution in [3.8, 4) is 0 Å². The SMILES string of the molecule is Cc1nn(C)c2ncc(CN3CCNC(C)C3)cc12.Cl. The molecule has 2 aromatic heterocycles. The molecular formula is C14H22ClN5. The highest BCUT2D eigenvalue weighted by Crippen LogP contribution is 2.17. The van der Waals surface area contributed by atoms with E-state index < -0.39 is 0 Å². The lowest BCUT2D eigenvalue weighted by Crippen LogP contribution is -2.48. The van der Waals surface area contributed by atoms with Crippen LogP contribution in [0, 0.1) is 6.92 Å². The second-order valence-electron chi connectivity index (χ2n) is 5.51. The zero-order chi connectivity index (χ0) is 13.4. The molecule has 0 aliphatic carbocycles. The van der Waals surface area contributed by atoms with Crippen molar-refractivity contribution in [2.45, 2.75) is 26.4 Å². The van der Waals surface area contributed by atoms with Crippen molar-refractivity contribution >= 4 is 23.4 Å². The second kappa shape index (κ2) is 6.08. The minimum Gasteiger partial charge on any atom is -0.312 e. The Balaban J connectivity index is 0.00000147. The molecule has 3 rings (SSSR count). The first-order valence-electron chi connectivity index (χ1n) is 6.87. The summed E-state index contributed by atoms with van der Waals surface area (Å²) < 4.78 is 1.85. The van der Waals surface area contributed by atoms with Crippen LogP contribution in [0.1, 0.15) is 18.2 Å². The quantitative estimate of drug-likeness (QED) is 0.912. The van der Waals surface area contributed by atoms with Gasteiger partial charge in [0.1, 0.15) is 0 Å². The molecule has 1 N–H and O–H groups in total. The minimum atomic E-state index is 0. The van der Waals surface area contributed by atoms with E-state index in [1.165, 1.54) is 10.9 Å². The Morgan fingerprint density at radius 1 is 1.45 bits per heavy atom. The van der Waals surface area contributed by atoms with Gasteiger partial charge in [-0.25, -0.2) is 4.98 Å². The minimum absolute atomic E-state index is 0. The molecule has 5 nitrogen and oxygen atoms in total. The lowest BCUT2D eigenvalue weighted by molar-refractivity contribution is 0.199. The first kappa shape index (κ1) is 15.2. The van der Waals surface area contributed by atoms with E-state index in [9.17, 15) is 0 Å². The van der Waals surface area contributed by atoms with Gasteiger partial charge in [0, 0.05) is 50.9 Å². The number of nitrogens with zero attached hydrogens (tertiary/aromatic N) is 4. The van der Waals surface area contributed by atoms with E-state index in [2.05, 4.69) is 33.3 Å². The number of hydrogen-bond acceptors (Lipinski definition) is 4. The largest absolute Gasteiger partial charge is 0.312 e. The molecule has 2 aromatic rings. The first-order valence-corrected chi connectivity index (χ1v) is 6.87. The molecule has 0 radical (unpaired) electrons. The number of rotatable bonds is 2. The van der Waals surface area contributed by atoms with Crippen molar-refractivity contribution in [2.24, 2.45) is 7.05 Å². The van der Waals surface area contributed by atoms with E-state index in [1.54, 1.807) is 0 Å². The Morgan fingerprint density at radius 3 is 3.00 bits per heavy atom. The van der Waals surface area contributed by atoms with Crippen LogP contribution in [-0.2, 0) is 13.6 Å². The molecule has 0 spiro atoms. The second-order valence-corrected chi connectivity index (χ2v) is 5.51. The van der Waals surface area contributed by atoms with Gasteiger partial charge in [0.2, 0.25) is 0 Å². The fourth-order valence-corrected chi connectivity index (χ4v) is 2.85. The predicted molar refractivity (Wildman–Crippen MR) is 83.2 cm³/mol. The molecule has 110 valence electrons. The summed E-state index contributed by atoms with van der Waals surface area (Å²) in [4.78, 5) is 7.03. The van der Waals surface area contributed by atoms with Gasteiger partial charge < -0.3 is 5.32 Å². The van der Waals surface area contributed by atoms with Crippen LogP contribution < -0.4 is 5.32 Å². The molecule has 1 aliphatic heterocycles. The van der Waals surface area contributed by atoms with Gasteiger partial charge in [0.05, 0.1) is 5.69 Å². The molecule has 20 heavy (non-hydrogen) atoms. The summed E-state index contributed by atoms with van der Waals surface area (Å²) in [6.45, 7) is 8.53. The van der Waals surface area contributed by atoms with Crippen molar-refractivity contribution in [1.29, 1.82) is 0 Å². The fourth-order valence-electron chi connectivity index (χ4n) is 2.85. The van der Waals surface area contributed by atoms with Crippen molar-refractivity contribution in [3.63, 3.8) is 0 Å². The molecule has 1 fully saturated rings. The average molecular weight is 296 g/mol. The highest BCUT2D eigenvalue weighted by atomic mass is 35.5. The molecule has 0 amide bonds. The number of nitrogens with one attached hydrogen (secondary N) is 1. The van der Waals surface area contributed by atoms with E-state index >= 15 is 0 Å². The Labute approximate surface area is 125 Å². The number of halogens is 1. The summed E-state index contributed by atoms with van der Waals surface area (Å²) in [5, 5.41) is 9.06. The Bertz CT molecular complexity index is 595. The normalized spacial score (nSPS) is 20.1. The number of aromatic nitrogens is 3. The Kier molecular flexibility index (Phi) is 4.62. The number of pyridine rings is 1. The van der Waals surface area contributed by atoms with Gasteiger partial charge >= 0.3 is 0 Å². The van der Waals surface area contributed by atoms with Crippen molar-refractivity contribution in [3.05, 3.63) is 23.5 Å². The maximum absolute atomic E-state index is 4.54. The lowest BCUT2D eigenvalue weighted by atomic mass is 10.1. The van der Waals surface area contributed by atoms with Crippen LogP contribution in [0.25, 0.3) is 11.0 Å². The van der Waals surface area contributed by atoms with Crippen molar-refractivity contribution < 1.29 is 0 Å². The number of aryl methyl sites for hydroxylation is 2. The van der Waals surface area contributed by atoms with E-state index in [0.717, 1.165) is 37.5 Å². The molecule has 0 bridgehead atoms. The first-order chi connectivity index (χ1) is 9.13. The maximum Gasteiger partial charge on any atom is 0.157 e. The highest BCUT2D eigenvalue weighted by molar-refractivity contribution is 5.85. The summed E-state index contributed by atoms with van der Waals surface area (Å²) in [6, 6.07) is 2.81. The van der Waals surface area contributed by atoms with Gasteiger partial charge in [-0.1, -0.05) is 0 Å². The average Bonchev–Trinajstić information content (AvgIpc) is 2.65. The summed E-state index contributed by atoms with van der Waals surface area (Å²) in [7, 11) is 1.94. The monoisotopic (exact) mass is 295 g/mol. The third kappa shape index (κ3) is 2.95. The number of fused-ring (bicyclic) bond motifs is 1. The lowest BCUT2D eigenvalue weighted by Gasteiger charge is -2.31. The summed E-state index contributed by atoms with van der Waals surface area (Å²) in [6.07, 6.45) is 1.98. The molecule has 1 aliphatic rings. The zero-order valence-electron chi connectivity index (χ0n) is 12.3. The predicted octanol–water partition coefficient (Wildman–Crippen LogP) is 1.49. The standard InChI is InChI=1S/C14H21N5.ClH/c1-10-8-19(5-4-15-10)9-12-6-13-11(2)17-18(3)14(13)16-7-12;/h6-7,10,15H,4-5,8-9H2,1-3H3;1H. The number of piperazine rings is 1. The molecule has 3 heterocycles. The molecule has 0 saturated carbocycles. The smallest absolute Gasteiger partial charge is 0.157 e. The third-order valence-electron chi connectivity index (χ3n) is 3.78. The molecular weight excluding hydrogens is 274 g/mol. The molecule has 1 unspecified atom stereocenters. The van der Waals surface area contributed by atoms with Crippen LogP contribution in [-0.4, -0.2) is 45.3 Å². The van der Waals surface area contributed by atoms with Crippen LogP contribution in [0.4, 0.5) is 0 Å². The molecule has 1 saturated heterocycles. The van der Waals surface area contributed by atoms with Crippen LogP contribution in [0.5, 0.6) is 0 Å². The van der Waals surface area contributed by atoms with Gasteiger partial charge in [-0.2, -0.15) is 5.10 Å². The fraction of sp³-hybridized carbons (Fsp3) is 0.571. The Hall–Kier alpha value is -1.17. The van der Waals surface area contributed by atoms with Gasteiger partial charge in [-0.3, -0.25) is 9.58 Å². The third-order valence-corrected chi connectivity index (χ3v) is 3.78. The molecule has 6 heteroatoms. The van der Waals surface area contributed by atoms with Crippen LogP contribution in [0.2, 0.25) is 0 Å². The molecule has 0 aromatic carbocycles. The molecule has 1 atom stereocenters. The van der Waals surface area contributed by atoms with Crippen LogP contribution >= 0.6 is 12.4 Å². The van der Waals surface area contributed by atoms with E-state index in [0.29, 0.717) is 6.04 Å². The van der Waals surface area contributed by atoms with Gasteiger partial charge in [0.15, 0.2) is 5.65 Å². The van der Waals surface area contributed by atoms with Gasteiger partial charge in [0.25, 0.3) is 0 Å². The summed E-state index contributed by atoms with van der Waals surface area (Å²) in [5.41, 5.74) is 3.30. The van der Waals surface area contributed by atoms with Crippen LogP contribution in [0.15, 0.2) is 12.3 Å². The van der Waals surface area contributed by atoms with Gasteiger partial charge in [-0.15, -0.1) is 12.4 Å². The van der Waals surface area contributed by atoms with E-state index in [4.69, 9.17) is 0 Å². The van der Waals surface area contributed by atoms with Crippen molar-refractivity contribution in [1.82, 2.24) is 25.0 Å². The maximum atomic E-state index is 4.54. The summed E-state index contributed by atoms with van der Waals surface area (Å²) >= 11 is 0. The number of hydrogen-bond donors (Lipinski definition) is 1. The zero-order valence-corrected chi connectivity index (χ0v) is 13.1. The van der Waals surface area contributed by atoms with E-state index in [-0.39, 0.29) is 12.4 Å².